The molecule has 0 radical (unpaired) electrons. The number of hydrogen-bond donors (Lipinski definition) is 2. The maximum atomic E-state index is 11.9. The van der Waals surface area contributed by atoms with Gasteiger partial charge in [-0.1, -0.05) is 23.1 Å². The Morgan fingerprint density at radius 1 is 1.39 bits per heavy atom. The first-order chi connectivity index (χ1) is 8.47. The van der Waals surface area contributed by atoms with Crippen LogP contribution in [0.4, 0.5) is 0 Å². The number of carbonyl (C=O) groups is 1. The van der Waals surface area contributed by atoms with E-state index in [2.05, 4.69) is 4.84 Å². The van der Waals surface area contributed by atoms with Crippen LogP contribution in [0.3, 0.4) is 0 Å². The second kappa shape index (κ2) is 4.65. The van der Waals surface area contributed by atoms with E-state index in [0.717, 1.165) is 18.4 Å². The SMILES string of the molecule is CONS(=O)(=O)c1c(C(=O)O)sc2ccccc12. The summed E-state index contributed by atoms with van der Waals surface area (Å²) in [6.45, 7) is 0. The van der Waals surface area contributed by atoms with E-state index in [1.165, 1.54) is 0 Å². The van der Waals surface area contributed by atoms with Crippen molar-refractivity contribution in [1.29, 1.82) is 0 Å². The van der Waals surface area contributed by atoms with Crippen molar-refractivity contribution in [3.63, 3.8) is 0 Å². The molecule has 1 aromatic heterocycles. The predicted molar refractivity (Wildman–Crippen MR) is 66.1 cm³/mol. The van der Waals surface area contributed by atoms with E-state index >= 15 is 0 Å². The minimum atomic E-state index is -4.01. The molecule has 0 aliphatic heterocycles. The monoisotopic (exact) mass is 287 g/mol. The molecule has 0 amide bonds. The molecule has 96 valence electrons. The van der Waals surface area contributed by atoms with Crippen LogP contribution in [0, 0.1) is 0 Å². The highest BCUT2D eigenvalue weighted by Gasteiger charge is 2.28. The molecule has 0 saturated carbocycles. The van der Waals surface area contributed by atoms with E-state index in [-0.39, 0.29) is 9.77 Å². The summed E-state index contributed by atoms with van der Waals surface area (Å²) in [6.07, 6.45) is 0. The van der Waals surface area contributed by atoms with E-state index in [4.69, 9.17) is 5.11 Å². The molecule has 0 bridgehead atoms. The van der Waals surface area contributed by atoms with Crippen LogP contribution >= 0.6 is 11.3 Å². The first kappa shape index (κ1) is 13.0. The van der Waals surface area contributed by atoms with Gasteiger partial charge in [0.1, 0.15) is 9.77 Å². The molecule has 0 saturated heterocycles. The van der Waals surface area contributed by atoms with Gasteiger partial charge in [-0.15, -0.1) is 11.3 Å². The molecule has 0 aliphatic carbocycles. The molecule has 0 aliphatic rings. The zero-order valence-electron chi connectivity index (χ0n) is 9.21. The molecule has 2 N–H and O–H groups in total. The summed E-state index contributed by atoms with van der Waals surface area (Å²) in [5.41, 5.74) is 0. The van der Waals surface area contributed by atoms with Crippen molar-refractivity contribution in [2.24, 2.45) is 0 Å². The molecule has 0 fully saturated rings. The maximum Gasteiger partial charge on any atom is 0.347 e. The van der Waals surface area contributed by atoms with Crippen molar-refractivity contribution >= 4 is 37.4 Å². The summed E-state index contributed by atoms with van der Waals surface area (Å²) >= 11 is 0.910. The first-order valence-corrected chi connectivity index (χ1v) is 7.07. The standard InChI is InChI=1S/C10H9NO5S2/c1-16-11-18(14,15)9-6-4-2-3-5-7(6)17-8(9)10(12)13/h2-5,11H,1H3,(H,12,13). The van der Waals surface area contributed by atoms with E-state index in [0.29, 0.717) is 10.1 Å². The predicted octanol–water partition coefficient (Wildman–Crippen LogP) is 1.44. The number of hydrogen-bond acceptors (Lipinski definition) is 5. The van der Waals surface area contributed by atoms with Crippen LogP contribution in [0.15, 0.2) is 29.2 Å². The summed E-state index contributed by atoms with van der Waals surface area (Å²) in [4.78, 5) is 16.8. The van der Waals surface area contributed by atoms with Gasteiger partial charge < -0.3 is 5.11 Å². The molecule has 8 heteroatoms. The van der Waals surface area contributed by atoms with Gasteiger partial charge in [0.2, 0.25) is 0 Å². The fourth-order valence-electron chi connectivity index (χ4n) is 1.58. The molecule has 1 aromatic carbocycles. The van der Waals surface area contributed by atoms with Gasteiger partial charge >= 0.3 is 5.97 Å². The van der Waals surface area contributed by atoms with E-state index < -0.39 is 16.0 Å². The van der Waals surface area contributed by atoms with Gasteiger partial charge in [0.05, 0.1) is 7.11 Å². The van der Waals surface area contributed by atoms with Crippen LogP contribution in [0.5, 0.6) is 0 Å². The Hall–Kier alpha value is -1.48. The minimum Gasteiger partial charge on any atom is -0.477 e. The van der Waals surface area contributed by atoms with E-state index in [9.17, 15) is 13.2 Å². The van der Waals surface area contributed by atoms with Crippen LogP contribution in [0.1, 0.15) is 9.67 Å². The van der Waals surface area contributed by atoms with Crippen molar-refractivity contribution in [3.05, 3.63) is 29.1 Å². The van der Waals surface area contributed by atoms with Gasteiger partial charge in [0.25, 0.3) is 10.0 Å². The highest BCUT2D eigenvalue weighted by atomic mass is 32.2. The molecule has 0 atom stereocenters. The summed E-state index contributed by atoms with van der Waals surface area (Å²) in [5.74, 6) is -1.28. The zero-order valence-corrected chi connectivity index (χ0v) is 10.8. The first-order valence-electron chi connectivity index (χ1n) is 4.77. The topological polar surface area (TPSA) is 92.7 Å². The van der Waals surface area contributed by atoms with Crippen LogP contribution in [0.2, 0.25) is 0 Å². The molecule has 6 nitrogen and oxygen atoms in total. The summed E-state index contributed by atoms with van der Waals surface area (Å²) in [7, 11) is -2.87. The zero-order chi connectivity index (χ0) is 13.3. The number of carboxylic acid groups (broad SMARTS) is 1. The van der Waals surface area contributed by atoms with Crippen LogP contribution in [-0.2, 0) is 14.9 Å². The normalized spacial score (nSPS) is 11.8. The van der Waals surface area contributed by atoms with Crippen molar-refractivity contribution in [2.75, 3.05) is 7.11 Å². The smallest absolute Gasteiger partial charge is 0.347 e. The third kappa shape index (κ3) is 2.10. The lowest BCUT2D eigenvalue weighted by Gasteiger charge is -2.04. The molecule has 2 aromatic rings. The van der Waals surface area contributed by atoms with Crippen molar-refractivity contribution in [2.45, 2.75) is 4.90 Å². The van der Waals surface area contributed by atoms with Crippen molar-refractivity contribution in [1.82, 2.24) is 4.89 Å². The molecule has 0 spiro atoms. The number of benzene rings is 1. The number of aromatic carboxylic acids is 1. The number of sulfonamides is 1. The summed E-state index contributed by atoms with van der Waals surface area (Å²) < 4.78 is 24.5. The fourth-order valence-corrected chi connectivity index (χ4v) is 4.14. The van der Waals surface area contributed by atoms with Gasteiger partial charge in [0.15, 0.2) is 0 Å². The lowest BCUT2D eigenvalue weighted by molar-refractivity contribution is 0.0698. The lowest BCUT2D eigenvalue weighted by Crippen LogP contribution is -2.23. The third-order valence-corrected chi connectivity index (χ3v) is 4.84. The van der Waals surface area contributed by atoms with Gasteiger partial charge in [-0.2, -0.15) is 0 Å². The third-order valence-electron chi connectivity index (χ3n) is 2.21. The van der Waals surface area contributed by atoms with Crippen LogP contribution in [-0.4, -0.2) is 26.6 Å². The lowest BCUT2D eigenvalue weighted by atomic mass is 10.2. The van der Waals surface area contributed by atoms with Crippen LogP contribution < -0.4 is 4.89 Å². The fraction of sp³-hybridized carbons (Fsp3) is 0.100. The molecule has 0 unspecified atom stereocenters. The number of rotatable bonds is 4. The van der Waals surface area contributed by atoms with Gasteiger partial charge in [0, 0.05) is 10.1 Å². The summed E-state index contributed by atoms with van der Waals surface area (Å²) in [6, 6.07) is 6.58. The van der Waals surface area contributed by atoms with E-state index in [1.807, 2.05) is 4.89 Å². The molecule has 18 heavy (non-hydrogen) atoms. The maximum absolute atomic E-state index is 11.9. The molecule has 1 heterocycles. The Morgan fingerprint density at radius 3 is 2.67 bits per heavy atom. The highest BCUT2D eigenvalue weighted by Crippen LogP contribution is 2.34. The number of fused-ring (bicyclic) bond motifs is 1. The van der Waals surface area contributed by atoms with Crippen LogP contribution in [0.25, 0.3) is 10.1 Å². The number of carboxylic acids is 1. The Bertz CT molecular complexity index is 704. The Kier molecular flexibility index (Phi) is 3.35. The summed E-state index contributed by atoms with van der Waals surface area (Å²) in [5, 5.41) is 9.44. The average molecular weight is 287 g/mol. The quantitative estimate of drug-likeness (QED) is 0.830. The number of thiophene rings is 1. The Morgan fingerprint density at radius 2 is 2.06 bits per heavy atom. The largest absolute Gasteiger partial charge is 0.477 e. The van der Waals surface area contributed by atoms with Gasteiger partial charge in [-0.25, -0.2) is 13.2 Å². The highest BCUT2D eigenvalue weighted by molar-refractivity contribution is 7.89. The van der Waals surface area contributed by atoms with E-state index in [1.54, 1.807) is 24.3 Å². The average Bonchev–Trinajstić information content (AvgIpc) is 2.68. The Labute approximate surface area is 107 Å². The minimum absolute atomic E-state index is 0.235. The van der Waals surface area contributed by atoms with Gasteiger partial charge in [-0.3, -0.25) is 4.84 Å². The molecular formula is C10H9NO5S2. The van der Waals surface area contributed by atoms with Gasteiger partial charge in [-0.05, 0) is 6.07 Å². The second-order valence-electron chi connectivity index (χ2n) is 3.35. The molecular weight excluding hydrogens is 278 g/mol. The molecule has 2 rings (SSSR count). The second-order valence-corrected chi connectivity index (χ2v) is 5.99. The van der Waals surface area contributed by atoms with Crippen molar-refractivity contribution in [3.8, 4) is 0 Å². The van der Waals surface area contributed by atoms with Crippen molar-refractivity contribution < 1.29 is 23.2 Å². The number of nitrogens with one attached hydrogen (secondary N) is 1. The Balaban J connectivity index is 2.82.